The first kappa shape index (κ1) is 30.7. The van der Waals surface area contributed by atoms with Crippen molar-refractivity contribution < 1.29 is 4.74 Å². The molecule has 0 radical (unpaired) electrons. The zero-order valence-corrected chi connectivity index (χ0v) is 22.8. The molecule has 0 fully saturated rings. The number of methoxy groups -OCH3 is 1. The molecular formula is C31H54O. The molecule has 0 aromatic rings. The maximum absolute atomic E-state index is 5.80. The Morgan fingerprint density at radius 2 is 0.812 bits per heavy atom. The average Bonchev–Trinajstić information content (AvgIpc) is 2.75. The maximum atomic E-state index is 5.80. The van der Waals surface area contributed by atoms with E-state index in [9.17, 15) is 0 Å². The molecule has 0 N–H and O–H groups in total. The predicted octanol–water partition coefficient (Wildman–Crippen LogP) is 10.2. The van der Waals surface area contributed by atoms with Crippen LogP contribution in [0, 0.1) is 10.8 Å². The number of unbranched alkanes of at least 4 members (excludes halogenated alkanes) is 4. The van der Waals surface area contributed by atoms with Crippen molar-refractivity contribution in [1.29, 1.82) is 0 Å². The summed E-state index contributed by atoms with van der Waals surface area (Å²) in [5.41, 5.74) is 0.179. The lowest BCUT2D eigenvalue weighted by atomic mass is 9.58. The summed E-state index contributed by atoms with van der Waals surface area (Å²) in [4.78, 5) is 0. The Hall–Kier alpha value is -1.34. The van der Waals surface area contributed by atoms with Crippen molar-refractivity contribution in [2.75, 3.05) is 7.11 Å². The molecule has 0 spiro atoms. The summed E-state index contributed by atoms with van der Waals surface area (Å²) in [5.74, 6) is 0. The molecule has 0 atom stereocenters. The molecule has 0 saturated heterocycles. The first-order valence-corrected chi connectivity index (χ1v) is 12.9. The van der Waals surface area contributed by atoms with Gasteiger partial charge in [0, 0.05) is 7.11 Å². The fraction of sp³-hybridized carbons (Fsp3) is 0.677. The second-order valence-corrected chi connectivity index (χ2v) is 10.5. The van der Waals surface area contributed by atoms with Gasteiger partial charge in [0.15, 0.2) is 0 Å². The number of ether oxygens (including phenoxy) is 1. The van der Waals surface area contributed by atoms with E-state index in [0.29, 0.717) is 0 Å². The Bertz CT molecular complexity index is 596. The van der Waals surface area contributed by atoms with Crippen molar-refractivity contribution in [1.82, 2.24) is 0 Å². The molecule has 0 amide bonds. The highest BCUT2D eigenvalue weighted by Crippen LogP contribution is 2.50. The Labute approximate surface area is 201 Å². The van der Waals surface area contributed by atoms with Gasteiger partial charge in [-0.25, -0.2) is 0 Å². The van der Waals surface area contributed by atoms with Crippen LogP contribution in [0.25, 0.3) is 0 Å². The molecule has 1 nitrogen and oxygen atoms in total. The number of hydrogen-bond donors (Lipinski definition) is 0. The van der Waals surface area contributed by atoms with Gasteiger partial charge in [-0.3, -0.25) is 0 Å². The molecule has 1 heteroatoms. The first-order valence-electron chi connectivity index (χ1n) is 12.9. The Kier molecular flexibility index (Phi) is 16.5. The van der Waals surface area contributed by atoms with E-state index in [1.54, 1.807) is 0 Å². The van der Waals surface area contributed by atoms with Crippen molar-refractivity contribution in [2.24, 2.45) is 10.8 Å². The summed E-state index contributed by atoms with van der Waals surface area (Å²) in [7, 11) is 1.83. The molecule has 0 unspecified atom stereocenters. The van der Waals surface area contributed by atoms with E-state index in [0.717, 1.165) is 57.8 Å². The van der Waals surface area contributed by atoms with Gasteiger partial charge in [-0.2, -0.15) is 0 Å². The van der Waals surface area contributed by atoms with Crippen LogP contribution in [-0.2, 0) is 4.74 Å². The summed E-state index contributed by atoms with van der Waals surface area (Å²) in [5, 5.41) is 0. The highest BCUT2D eigenvalue weighted by Gasteiger charge is 2.47. The quantitative estimate of drug-likeness (QED) is 0.151. The Balaban J connectivity index is 3.87. The fourth-order valence-electron chi connectivity index (χ4n) is 3.71. The van der Waals surface area contributed by atoms with Crippen LogP contribution >= 0.6 is 0 Å². The summed E-state index contributed by atoms with van der Waals surface area (Å²) in [6.45, 7) is 15.9. The minimum Gasteiger partial charge on any atom is -0.378 e. The van der Waals surface area contributed by atoms with E-state index < -0.39 is 0 Å². The molecule has 0 aliphatic rings. The summed E-state index contributed by atoms with van der Waals surface area (Å²) < 4.78 is 5.80. The monoisotopic (exact) mass is 442 g/mol. The van der Waals surface area contributed by atoms with Crippen LogP contribution in [0.15, 0.2) is 60.8 Å². The van der Waals surface area contributed by atoms with Crippen molar-refractivity contribution in [3.8, 4) is 0 Å². The normalized spacial score (nSPS) is 14.4. The molecular weight excluding hydrogens is 388 g/mol. The van der Waals surface area contributed by atoms with Crippen LogP contribution in [0.3, 0.4) is 0 Å². The van der Waals surface area contributed by atoms with Gasteiger partial charge in [-0.15, -0.1) is 0 Å². The largest absolute Gasteiger partial charge is 0.378 e. The smallest absolute Gasteiger partial charge is 0.0678 e. The molecule has 0 aromatic heterocycles. The zero-order chi connectivity index (χ0) is 24.3. The van der Waals surface area contributed by atoms with Crippen molar-refractivity contribution >= 4 is 0 Å². The molecule has 0 saturated carbocycles. The van der Waals surface area contributed by atoms with E-state index >= 15 is 0 Å². The van der Waals surface area contributed by atoms with Crippen LogP contribution in [0.1, 0.15) is 113 Å². The molecule has 0 aliphatic carbocycles. The van der Waals surface area contributed by atoms with Crippen LogP contribution in [0.4, 0.5) is 0 Å². The molecule has 0 aromatic carbocycles. The highest BCUT2D eigenvalue weighted by molar-refractivity contribution is 4.99. The van der Waals surface area contributed by atoms with Gasteiger partial charge in [0.05, 0.1) is 5.60 Å². The minimum absolute atomic E-state index is 0.0997. The predicted molar refractivity (Wildman–Crippen MR) is 146 cm³/mol. The van der Waals surface area contributed by atoms with Crippen molar-refractivity contribution in [3.63, 3.8) is 0 Å². The molecule has 184 valence electrons. The standard InChI is InChI=1S/C31H54O/c1-9-10-11-12-13-14-15-16-17-18-19-20-21-22-23-24-25-26-27-28-29(2,3)30(4,5)31(6,7)32-8/h9-10,13-14,17-18,21-22,25-26H,11-12,15-16,19-20,23-24,27-28H2,1-8H3. The highest BCUT2D eigenvalue weighted by atomic mass is 16.5. The fourth-order valence-corrected chi connectivity index (χ4v) is 3.71. The van der Waals surface area contributed by atoms with E-state index in [-0.39, 0.29) is 16.4 Å². The van der Waals surface area contributed by atoms with E-state index in [1.807, 2.05) is 7.11 Å². The second kappa shape index (κ2) is 17.2. The lowest BCUT2D eigenvalue weighted by Crippen LogP contribution is -2.50. The Morgan fingerprint density at radius 3 is 1.12 bits per heavy atom. The van der Waals surface area contributed by atoms with E-state index in [2.05, 4.69) is 109 Å². The summed E-state index contributed by atoms with van der Waals surface area (Å²) >= 11 is 0. The SMILES string of the molecule is CC=CCCC=CCCC=CCCC=CCCC=CCCC(C)(C)C(C)(C)C(C)(C)OC. The third-order valence-electron chi connectivity index (χ3n) is 7.55. The van der Waals surface area contributed by atoms with Crippen LogP contribution in [0.2, 0.25) is 0 Å². The van der Waals surface area contributed by atoms with Gasteiger partial charge in [0.25, 0.3) is 0 Å². The van der Waals surface area contributed by atoms with Crippen LogP contribution in [-0.4, -0.2) is 12.7 Å². The van der Waals surface area contributed by atoms with Crippen molar-refractivity contribution in [3.05, 3.63) is 60.8 Å². The topological polar surface area (TPSA) is 9.23 Å². The van der Waals surface area contributed by atoms with E-state index in [1.165, 1.54) is 6.42 Å². The van der Waals surface area contributed by atoms with Crippen LogP contribution in [0.5, 0.6) is 0 Å². The molecule has 0 rings (SSSR count). The zero-order valence-electron chi connectivity index (χ0n) is 22.8. The molecule has 0 aliphatic heterocycles. The molecule has 32 heavy (non-hydrogen) atoms. The van der Waals surface area contributed by atoms with Gasteiger partial charge in [0.2, 0.25) is 0 Å². The third kappa shape index (κ3) is 12.6. The Morgan fingerprint density at radius 1 is 0.500 bits per heavy atom. The second-order valence-electron chi connectivity index (χ2n) is 10.5. The summed E-state index contributed by atoms with van der Waals surface area (Å²) in [6.07, 6.45) is 34.5. The van der Waals surface area contributed by atoms with Gasteiger partial charge >= 0.3 is 0 Å². The van der Waals surface area contributed by atoms with Gasteiger partial charge in [-0.05, 0) is 95.8 Å². The molecule has 0 bridgehead atoms. The van der Waals surface area contributed by atoms with E-state index in [4.69, 9.17) is 4.74 Å². The van der Waals surface area contributed by atoms with Gasteiger partial charge in [-0.1, -0.05) is 88.5 Å². The maximum Gasteiger partial charge on any atom is 0.0678 e. The first-order chi connectivity index (χ1) is 15.1. The average molecular weight is 443 g/mol. The van der Waals surface area contributed by atoms with Gasteiger partial charge < -0.3 is 4.74 Å². The number of allylic oxidation sites excluding steroid dienone is 10. The van der Waals surface area contributed by atoms with Crippen LogP contribution < -0.4 is 0 Å². The van der Waals surface area contributed by atoms with Crippen molar-refractivity contribution in [2.45, 2.75) is 118 Å². The summed E-state index contributed by atoms with van der Waals surface area (Å²) in [6, 6.07) is 0. The van der Waals surface area contributed by atoms with Gasteiger partial charge in [0.1, 0.15) is 0 Å². The molecule has 0 heterocycles. The number of hydrogen-bond acceptors (Lipinski definition) is 1. The third-order valence-corrected chi connectivity index (χ3v) is 7.55. The minimum atomic E-state index is -0.136. The lowest BCUT2D eigenvalue weighted by molar-refractivity contribution is -0.127. The lowest BCUT2D eigenvalue weighted by Gasteiger charge is -2.51. The number of rotatable bonds is 18.